The smallest absolute Gasteiger partial charge is 0.238 e. The molecule has 148 valence electrons. The normalized spacial score (nSPS) is 19.0. The van der Waals surface area contributed by atoms with Crippen LogP contribution in [0.2, 0.25) is 0 Å². The predicted molar refractivity (Wildman–Crippen MR) is 119 cm³/mol. The minimum Gasteiger partial charge on any atom is -0.325 e. The Morgan fingerprint density at radius 3 is 2.66 bits per heavy atom. The van der Waals surface area contributed by atoms with Gasteiger partial charge in [0.2, 0.25) is 5.91 Å². The van der Waals surface area contributed by atoms with Crippen LogP contribution in [-0.4, -0.2) is 23.9 Å². The Morgan fingerprint density at radius 2 is 1.83 bits per heavy atom. The largest absolute Gasteiger partial charge is 0.325 e. The molecule has 0 radical (unpaired) electrons. The Hall–Kier alpha value is -2.43. The van der Waals surface area contributed by atoms with Crippen LogP contribution in [0.1, 0.15) is 40.5 Å². The molecule has 1 saturated carbocycles. The molecule has 2 aromatic carbocycles. The summed E-state index contributed by atoms with van der Waals surface area (Å²) in [4.78, 5) is 16.9. The number of rotatable bonds is 6. The molecule has 1 atom stereocenters. The lowest BCUT2D eigenvalue weighted by molar-refractivity contribution is -0.118. The second-order valence-electron chi connectivity index (χ2n) is 8.17. The van der Waals surface area contributed by atoms with E-state index in [1.807, 2.05) is 35.6 Å². The average molecular weight is 403 g/mol. The first-order chi connectivity index (χ1) is 14.3. The average Bonchev–Trinajstić information content (AvgIpc) is 3.46. The lowest BCUT2D eigenvalue weighted by Crippen LogP contribution is -2.41. The summed E-state index contributed by atoms with van der Waals surface area (Å²) in [6, 6.07) is 21.3. The summed E-state index contributed by atoms with van der Waals surface area (Å²) in [7, 11) is 0. The molecule has 0 bridgehead atoms. The van der Waals surface area contributed by atoms with E-state index in [1.54, 1.807) is 0 Å². The molecular weight excluding hydrogens is 376 g/mol. The number of amides is 1. The maximum absolute atomic E-state index is 13.0. The van der Waals surface area contributed by atoms with Gasteiger partial charge in [-0.05, 0) is 65.8 Å². The molecule has 0 saturated heterocycles. The van der Waals surface area contributed by atoms with Crippen LogP contribution in [0.4, 0.5) is 5.69 Å². The first-order valence-corrected chi connectivity index (χ1v) is 11.4. The molecule has 1 fully saturated rings. The van der Waals surface area contributed by atoms with Crippen molar-refractivity contribution in [2.45, 2.75) is 31.7 Å². The van der Waals surface area contributed by atoms with E-state index in [9.17, 15) is 4.79 Å². The molecule has 3 aromatic rings. The number of fused-ring (bicyclic) bond motifs is 1. The number of nitrogens with one attached hydrogen (secondary N) is 1. The number of hydrogen-bond acceptors (Lipinski definition) is 3. The van der Waals surface area contributed by atoms with Crippen molar-refractivity contribution >= 4 is 22.9 Å². The first-order valence-electron chi connectivity index (χ1n) is 10.5. The molecule has 2 aliphatic rings. The summed E-state index contributed by atoms with van der Waals surface area (Å²) in [5.41, 5.74) is 4.81. The van der Waals surface area contributed by atoms with Gasteiger partial charge in [-0.25, -0.2) is 0 Å². The standard InChI is InChI=1S/C25H26N2OS/c28-24(17-27-14-12-23-21(13-15-29-23)25(27)19-10-11-19)26-22-9-5-4-8-20(22)16-18-6-2-1-3-7-18/h1-9,13,15,19,25H,10-12,14,16-17H2,(H,26,28)/t25-/m1/s1. The van der Waals surface area contributed by atoms with Crippen LogP contribution in [-0.2, 0) is 17.6 Å². The maximum atomic E-state index is 13.0. The number of hydrogen-bond donors (Lipinski definition) is 1. The van der Waals surface area contributed by atoms with Crippen molar-refractivity contribution in [3.05, 3.63) is 87.6 Å². The van der Waals surface area contributed by atoms with E-state index in [-0.39, 0.29) is 5.91 Å². The van der Waals surface area contributed by atoms with Gasteiger partial charge in [0.15, 0.2) is 0 Å². The van der Waals surface area contributed by atoms with Gasteiger partial charge in [0.25, 0.3) is 0 Å². The fourth-order valence-electron chi connectivity index (χ4n) is 4.53. The quantitative estimate of drug-likeness (QED) is 0.608. The monoisotopic (exact) mass is 402 g/mol. The molecule has 1 aliphatic carbocycles. The van der Waals surface area contributed by atoms with Gasteiger partial charge >= 0.3 is 0 Å². The Kier molecular flexibility index (Phi) is 5.21. The van der Waals surface area contributed by atoms with Gasteiger partial charge in [0.05, 0.1) is 6.54 Å². The zero-order valence-corrected chi connectivity index (χ0v) is 17.3. The minimum absolute atomic E-state index is 0.0924. The maximum Gasteiger partial charge on any atom is 0.238 e. The van der Waals surface area contributed by atoms with Crippen molar-refractivity contribution in [2.75, 3.05) is 18.4 Å². The molecule has 29 heavy (non-hydrogen) atoms. The highest BCUT2D eigenvalue weighted by Crippen LogP contribution is 2.48. The topological polar surface area (TPSA) is 32.3 Å². The van der Waals surface area contributed by atoms with Crippen LogP contribution in [0.15, 0.2) is 66.0 Å². The summed E-state index contributed by atoms with van der Waals surface area (Å²) in [5, 5.41) is 5.41. The number of carbonyl (C=O) groups excluding carboxylic acids is 1. The van der Waals surface area contributed by atoms with E-state index < -0.39 is 0 Å². The third kappa shape index (κ3) is 4.14. The van der Waals surface area contributed by atoms with Crippen LogP contribution in [0.5, 0.6) is 0 Å². The van der Waals surface area contributed by atoms with Crippen LogP contribution < -0.4 is 5.32 Å². The third-order valence-corrected chi connectivity index (χ3v) is 7.06. The summed E-state index contributed by atoms with van der Waals surface area (Å²) < 4.78 is 0. The second-order valence-corrected chi connectivity index (χ2v) is 9.17. The van der Waals surface area contributed by atoms with Gasteiger partial charge in [0.1, 0.15) is 0 Å². The zero-order chi connectivity index (χ0) is 19.6. The van der Waals surface area contributed by atoms with Gasteiger partial charge in [-0.1, -0.05) is 48.5 Å². The first kappa shape index (κ1) is 18.6. The van der Waals surface area contributed by atoms with Gasteiger partial charge < -0.3 is 5.32 Å². The molecule has 3 nitrogen and oxygen atoms in total. The number of para-hydroxylation sites is 1. The highest BCUT2D eigenvalue weighted by Gasteiger charge is 2.40. The number of benzene rings is 2. The number of thiophene rings is 1. The van der Waals surface area contributed by atoms with Crippen LogP contribution in [0.25, 0.3) is 0 Å². The number of nitrogens with zero attached hydrogens (tertiary/aromatic N) is 1. The molecule has 2 heterocycles. The van der Waals surface area contributed by atoms with Crippen molar-refractivity contribution in [1.29, 1.82) is 0 Å². The summed E-state index contributed by atoms with van der Waals surface area (Å²) in [6.07, 6.45) is 4.47. The van der Waals surface area contributed by atoms with Gasteiger partial charge in [-0.3, -0.25) is 9.69 Å². The molecule has 0 spiro atoms. The summed E-state index contributed by atoms with van der Waals surface area (Å²) in [6.45, 7) is 1.45. The van der Waals surface area contributed by atoms with Gasteiger partial charge in [-0.2, -0.15) is 0 Å². The molecule has 1 amide bonds. The van der Waals surface area contributed by atoms with Crippen molar-refractivity contribution < 1.29 is 4.79 Å². The Labute approximate surface area is 176 Å². The van der Waals surface area contributed by atoms with E-state index in [2.05, 4.69) is 52.0 Å². The lowest BCUT2D eigenvalue weighted by Gasteiger charge is -2.35. The van der Waals surface area contributed by atoms with Crippen LogP contribution in [0, 0.1) is 5.92 Å². The molecule has 1 aromatic heterocycles. The molecular formula is C25H26N2OS. The SMILES string of the molecule is O=C(CN1CCc2sccc2[C@H]1C1CC1)Nc1ccccc1Cc1ccccc1. The Morgan fingerprint density at radius 1 is 1.03 bits per heavy atom. The molecule has 1 N–H and O–H groups in total. The van der Waals surface area contributed by atoms with Gasteiger partial charge in [-0.15, -0.1) is 11.3 Å². The Balaban J connectivity index is 1.29. The van der Waals surface area contributed by atoms with E-state index in [4.69, 9.17) is 0 Å². The fraction of sp³-hybridized carbons (Fsp3) is 0.320. The number of carbonyl (C=O) groups is 1. The molecule has 1 aliphatic heterocycles. The Bertz CT molecular complexity index is 993. The van der Waals surface area contributed by atoms with Crippen molar-refractivity contribution in [3.63, 3.8) is 0 Å². The second kappa shape index (κ2) is 8.13. The van der Waals surface area contributed by atoms with Crippen LogP contribution >= 0.6 is 11.3 Å². The highest BCUT2D eigenvalue weighted by molar-refractivity contribution is 7.10. The van der Waals surface area contributed by atoms with Crippen molar-refractivity contribution in [2.24, 2.45) is 5.92 Å². The van der Waals surface area contributed by atoms with E-state index in [1.165, 1.54) is 28.8 Å². The zero-order valence-electron chi connectivity index (χ0n) is 16.5. The van der Waals surface area contributed by atoms with Crippen molar-refractivity contribution in [1.82, 2.24) is 4.90 Å². The van der Waals surface area contributed by atoms with Crippen molar-refractivity contribution in [3.8, 4) is 0 Å². The highest BCUT2D eigenvalue weighted by atomic mass is 32.1. The molecule has 5 rings (SSSR count). The van der Waals surface area contributed by atoms with E-state index in [0.717, 1.165) is 36.6 Å². The number of anilines is 1. The lowest BCUT2D eigenvalue weighted by atomic mass is 9.96. The van der Waals surface area contributed by atoms with E-state index >= 15 is 0 Å². The van der Waals surface area contributed by atoms with E-state index in [0.29, 0.717) is 12.6 Å². The third-order valence-electron chi connectivity index (χ3n) is 6.06. The predicted octanol–water partition coefficient (Wildman–Crippen LogP) is 5.29. The molecule has 4 heteroatoms. The van der Waals surface area contributed by atoms with Crippen LogP contribution in [0.3, 0.4) is 0 Å². The molecule has 0 unspecified atom stereocenters. The minimum atomic E-state index is 0.0924. The summed E-state index contributed by atoms with van der Waals surface area (Å²) in [5.74, 6) is 0.816. The summed E-state index contributed by atoms with van der Waals surface area (Å²) >= 11 is 1.87. The fourth-order valence-corrected chi connectivity index (χ4v) is 5.44. The van der Waals surface area contributed by atoms with Gasteiger partial charge in [0, 0.05) is 23.2 Å².